The van der Waals surface area contributed by atoms with Crippen LogP contribution in [0.3, 0.4) is 0 Å². The summed E-state index contributed by atoms with van der Waals surface area (Å²) in [6.07, 6.45) is 4.82. The molecular weight excluding hydrogens is 224 g/mol. The van der Waals surface area contributed by atoms with Gasteiger partial charge >= 0.3 is 5.97 Å². The molecule has 0 aromatic heterocycles. The average molecular weight is 244 g/mol. The van der Waals surface area contributed by atoms with E-state index in [1.165, 1.54) is 6.42 Å². The number of hydrogen-bond acceptors (Lipinski definition) is 4. The van der Waals surface area contributed by atoms with E-state index >= 15 is 0 Å². The van der Waals surface area contributed by atoms with Crippen molar-refractivity contribution in [3.8, 4) is 0 Å². The van der Waals surface area contributed by atoms with Gasteiger partial charge in [-0.05, 0) is 25.7 Å². The Hall–Kier alpha value is -0.650. The van der Waals surface area contributed by atoms with Crippen LogP contribution in [0, 0.1) is 0 Å². The van der Waals surface area contributed by atoms with Crippen LogP contribution in [0.5, 0.6) is 0 Å². The van der Waals surface area contributed by atoms with Gasteiger partial charge in [-0.3, -0.25) is 4.79 Å². The Labute approximate surface area is 101 Å². The first-order valence-corrected chi connectivity index (χ1v) is 6.34. The van der Waals surface area contributed by atoms with Gasteiger partial charge in [-0.15, -0.1) is 0 Å². The molecule has 0 spiro atoms. The molecule has 0 aromatic rings. The summed E-state index contributed by atoms with van der Waals surface area (Å²) >= 11 is 0. The summed E-state index contributed by atoms with van der Waals surface area (Å²) in [6.45, 7) is 1.34. The Bertz CT molecular complexity index is 249. The number of carbonyl (C=O) groups is 1. The quantitative estimate of drug-likeness (QED) is 0.795. The van der Waals surface area contributed by atoms with Gasteiger partial charge in [-0.25, -0.2) is 0 Å². The van der Waals surface area contributed by atoms with Crippen molar-refractivity contribution in [3.05, 3.63) is 0 Å². The first kappa shape index (κ1) is 12.8. The van der Waals surface area contributed by atoms with Crippen LogP contribution >= 0.6 is 0 Å². The number of hydrogen-bond donors (Lipinski definition) is 1. The number of ether oxygens (including phenoxy) is 3. The molecule has 2 aliphatic rings. The molecule has 2 fully saturated rings. The van der Waals surface area contributed by atoms with Crippen molar-refractivity contribution < 1.29 is 24.1 Å². The summed E-state index contributed by atoms with van der Waals surface area (Å²) in [5, 5.41) is 8.58. The number of carboxylic acids is 1. The molecule has 0 saturated carbocycles. The van der Waals surface area contributed by atoms with Gasteiger partial charge in [-0.2, -0.15) is 0 Å². The monoisotopic (exact) mass is 244 g/mol. The van der Waals surface area contributed by atoms with Crippen LogP contribution in [0.25, 0.3) is 0 Å². The van der Waals surface area contributed by atoms with E-state index in [4.69, 9.17) is 19.3 Å². The lowest BCUT2D eigenvalue weighted by Crippen LogP contribution is -2.25. The van der Waals surface area contributed by atoms with Gasteiger partial charge in [0, 0.05) is 19.4 Å². The highest BCUT2D eigenvalue weighted by Crippen LogP contribution is 2.24. The van der Waals surface area contributed by atoms with Crippen LogP contribution in [0.2, 0.25) is 0 Å². The lowest BCUT2D eigenvalue weighted by atomic mass is 10.1. The first-order valence-electron chi connectivity index (χ1n) is 6.34. The zero-order valence-electron chi connectivity index (χ0n) is 9.97. The molecule has 2 rings (SSSR count). The van der Waals surface area contributed by atoms with Crippen LogP contribution in [-0.4, -0.2) is 42.8 Å². The molecule has 0 bridgehead atoms. The fourth-order valence-corrected chi connectivity index (χ4v) is 2.28. The molecule has 1 N–H and O–H groups in total. The molecule has 3 unspecified atom stereocenters. The molecule has 3 atom stereocenters. The Morgan fingerprint density at radius 2 is 2.12 bits per heavy atom. The van der Waals surface area contributed by atoms with E-state index in [0.29, 0.717) is 13.0 Å². The fourth-order valence-electron chi connectivity index (χ4n) is 2.28. The Morgan fingerprint density at radius 3 is 2.82 bits per heavy atom. The second-order valence-electron chi connectivity index (χ2n) is 4.68. The first-order chi connectivity index (χ1) is 8.24. The number of rotatable bonds is 5. The van der Waals surface area contributed by atoms with E-state index in [1.807, 2.05) is 0 Å². The smallest absolute Gasteiger partial charge is 0.303 e. The van der Waals surface area contributed by atoms with Crippen LogP contribution in [0.15, 0.2) is 0 Å². The normalized spacial score (nSPS) is 33.8. The maximum atomic E-state index is 10.4. The third kappa shape index (κ3) is 4.26. The summed E-state index contributed by atoms with van der Waals surface area (Å²) in [7, 11) is 0. The zero-order valence-corrected chi connectivity index (χ0v) is 9.97. The molecule has 98 valence electrons. The average Bonchev–Trinajstić information content (AvgIpc) is 2.75. The molecule has 2 aliphatic heterocycles. The SMILES string of the molecule is O=C(O)CCC1COC(CC2CCCCO2)O1. The summed E-state index contributed by atoms with van der Waals surface area (Å²) in [6, 6.07) is 0. The van der Waals surface area contributed by atoms with Gasteiger partial charge in [0.05, 0.1) is 18.8 Å². The van der Waals surface area contributed by atoms with Gasteiger partial charge in [0.15, 0.2) is 6.29 Å². The van der Waals surface area contributed by atoms with E-state index < -0.39 is 5.97 Å². The molecule has 2 saturated heterocycles. The van der Waals surface area contributed by atoms with Crippen molar-refractivity contribution in [2.24, 2.45) is 0 Å². The minimum absolute atomic E-state index is 0.0697. The Kier molecular flexibility index (Phi) is 4.76. The van der Waals surface area contributed by atoms with E-state index in [0.717, 1.165) is 25.9 Å². The highest BCUT2D eigenvalue weighted by atomic mass is 16.7. The van der Waals surface area contributed by atoms with Crippen molar-refractivity contribution in [1.82, 2.24) is 0 Å². The molecule has 5 heteroatoms. The maximum absolute atomic E-state index is 10.4. The minimum atomic E-state index is -0.785. The molecule has 0 radical (unpaired) electrons. The largest absolute Gasteiger partial charge is 0.481 e. The van der Waals surface area contributed by atoms with Gasteiger partial charge in [0.2, 0.25) is 0 Å². The lowest BCUT2D eigenvalue weighted by Gasteiger charge is -2.24. The van der Waals surface area contributed by atoms with Crippen molar-refractivity contribution in [3.63, 3.8) is 0 Å². The Balaban J connectivity index is 1.64. The van der Waals surface area contributed by atoms with Gasteiger partial charge in [0.1, 0.15) is 0 Å². The highest BCUT2D eigenvalue weighted by Gasteiger charge is 2.29. The van der Waals surface area contributed by atoms with Crippen LogP contribution in [-0.2, 0) is 19.0 Å². The third-order valence-corrected chi connectivity index (χ3v) is 3.22. The second kappa shape index (κ2) is 6.33. The van der Waals surface area contributed by atoms with Crippen molar-refractivity contribution in [2.75, 3.05) is 13.2 Å². The lowest BCUT2D eigenvalue weighted by molar-refractivity contribution is -0.138. The van der Waals surface area contributed by atoms with Crippen LogP contribution < -0.4 is 0 Å². The Morgan fingerprint density at radius 1 is 1.24 bits per heavy atom. The van der Waals surface area contributed by atoms with Crippen molar-refractivity contribution >= 4 is 5.97 Å². The maximum Gasteiger partial charge on any atom is 0.303 e. The predicted octanol–water partition coefficient (Wildman–Crippen LogP) is 1.55. The predicted molar refractivity (Wildman–Crippen MR) is 59.7 cm³/mol. The summed E-state index contributed by atoms with van der Waals surface area (Å²) in [5.41, 5.74) is 0. The van der Waals surface area contributed by atoms with E-state index in [2.05, 4.69) is 0 Å². The minimum Gasteiger partial charge on any atom is -0.481 e. The van der Waals surface area contributed by atoms with Crippen molar-refractivity contribution in [2.45, 2.75) is 57.0 Å². The summed E-state index contributed by atoms with van der Waals surface area (Å²) in [5.74, 6) is -0.785. The molecule has 0 amide bonds. The van der Waals surface area contributed by atoms with Crippen LogP contribution in [0.4, 0.5) is 0 Å². The number of carboxylic acid groups (broad SMARTS) is 1. The summed E-state index contributed by atoms with van der Waals surface area (Å²) < 4.78 is 16.8. The van der Waals surface area contributed by atoms with E-state index in [-0.39, 0.29) is 24.9 Å². The molecule has 17 heavy (non-hydrogen) atoms. The standard InChI is InChI=1S/C12H20O5/c13-11(14)5-4-10-8-16-12(17-10)7-9-3-1-2-6-15-9/h9-10,12H,1-8H2,(H,13,14). The van der Waals surface area contributed by atoms with E-state index in [1.54, 1.807) is 0 Å². The van der Waals surface area contributed by atoms with Crippen LogP contribution in [0.1, 0.15) is 38.5 Å². The zero-order chi connectivity index (χ0) is 12.1. The third-order valence-electron chi connectivity index (χ3n) is 3.22. The van der Waals surface area contributed by atoms with Gasteiger partial charge in [-0.1, -0.05) is 0 Å². The van der Waals surface area contributed by atoms with Gasteiger partial charge < -0.3 is 19.3 Å². The molecule has 0 aliphatic carbocycles. The number of aliphatic carboxylic acids is 1. The van der Waals surface area contributed by atoms with E-state index in [9.17, 15) is 4.79 Å². The topological polar surface area (TPSA) is 65.0 Å². The summed E-state index contributed by atoms with van der Waals surface area (Å²) in [4.78, 5) is 10.4. The molecule has 2 heterocycles. The highest BCUT2D eigenvalue weighted by molar-refractivity contribution is 5.66. The van der Waals surface area contributed by atoms with Crippen molar-refractivity contribution in [1.29, 1.82) is 0 Å². The second-order valence-corrected chi connectivity index (χ2v) is 4.68. The molecular formula is C12H20O5. The molecule has 0 aromatic carbocycles. The fraction of sp³-hybridized carbons (Fsp3) is 0.917. The van der Waals surface area contributed by atoms with Gasteiger partial charge in [0.25, 0.3) is 0 Å². The molecule has 5 nitrogen and oxygen atoms in total.